The SMILES string of the molecule is Cc1ccccc1C[n+]1ccn(CC2C3c4ccccc4C(c4ccccc43)C2Cn2cc[n+](Cc3ccccc3C)c2)c1. The number of benzene rings is 4. The van der Waals surface area contributed by atoms with E-state index in [4.69, 9.17) is 0 Å². The lowest BCUT2D eigenvalue weighted by Gasteiger charge is -2.49. The summed E-state index contributed by atoms with van der Waals surface area (Å²) < 4.78 is 9.55. The highest BCUT2D eigenvalue weighted by molar-refractivity contribution is 5.56. The van der Waals surface area contributed by atoms with Gasteiger partial charge in [-0.1, -0.05) is 97.1 Å². The second-order valence-electron chi connectivity index (χ2n) is 13.0. The number of nitrogens with zero attached hydrogens (tertiary/aromatic N) is 4. The molecule has 0 saturated carbocycles. The summed E-state index contributed by atoms with van der Waals surface area (Å²) in [7, 11) is 0. The molecular weight excluding hydrogens is 536 g/mol. The van der Waals surface area contributed by atoms with Crippen LogP contribution in [0.2, 0.25) is 0 Å². The molecule has 0 N–H and O–H groups in total. The van der Waals surface area contributed by atoms with Crippen molar-refractivity contribution < 1.29 is 9.13 Å². The van der Waals surface area contributed by atoms with Crippen LogP contribution in [0.25, 0.3) is 0 Å². The third kappa shape index (κ3) is 4.79. The fraction of sp³-hybridized carbons (Fsp3) is 0.250. The summed E-state index contributed by atoms with van der Waals surface area (Å²) in [6.45, 7) is 8.21. The highest BCUT2D eigenvalue weighted by Gasteiger charge is 2.51. The first-order valence-corrected chi connectivity index (χ1v) is 16.0. The molecule has 9 rings (SSSR count). The van der Waals surface area contributed by atoms with Crippen LogP contribution in [-0.2, 0) is 26.2 Å². The molecule has 4 aromatic carbocycles. The van der Waals surface area contributed by atoms with E-state index in [0.717, 1.165) is 26.2 Å². The molecular formula is C40H40N4+2. The van der Waals surface area contributed by atoms with E-state index in [1.165, 1.54) is 44.5 Å². The highest BCUT2D eigenvalue weighted by Crippen LogP contribution is 2.59. The maximum Gasteiger partial charge on any atom is 0.244 e. The standard InChI is InChI=1S/C40H40N4/c1-29-11-3-5-13-31(29)23-41-19-21-43(27-41)25-37-38(26-44-22-20-42(28-44)24-32-14-6-4-12-30(32)2)40-35-17-9-7-15-33(35)39(37)34-16-8-10-18-36(34)40/h3-22,27-28,37-40H,23-26H2,1-2H3/q+2. The molecule has 4 nitrogen and oxygen atoms in total. The van der Waals surface area contributed by atoms with Gasteiger partial charge in [0.25, 0.3) is 0 Å². The molecule has 0 saturated heterocycles. The predicted molar refractivity (Wildman–Crippen MR) is 173 cm³/mol. The molecule has 2 aromatic heterocycles. The lowest BCUT2D eigenvalue weighted by molar-refractivity contribution is -0.688. The Morgan fingerprint density at radius 3 is 1.25 bits per heavy atom. The Bertz CT molecular complexity index is 1760. The first-order chi connectivity index (χ1) is 21.6. The number of imidazole rings is 2. The molecule has 3 aliphatic rings. The van der Waals surface area contributed by atoms with E-state index < -0.39 is 0 Å². The van der Waals surface area contributed by atoms with Crippen molar-refractivity contribution in [2.24, 2.45) is 11.8 Å². The molecule has 2 heterocycles. The van der Waals surface area contributed by atoms with Crippen LogP contribution in [0.5, 0.6) is 0 Å². The molecule has 2 atom stereocenters. The van der Waals surface area contributed by atoms with Crippen LogP contribution in [0.4, 0.5) is 0 Å². The van der Waals surface area contributed by atoms with Crippen molar-refractivity contribution in [2.45, 2.75) is 51.9 Å². The van der Waals surface area contributed by atoms with Crippen molar-refractivity contribution in [2.75, 3.05) is 0 Å². The third-order valence-electron chi connectivity index (χ3n) is 10.3. The van der Waals surface area contributed by atoms with E-state index in [1.54, 1.807) is 0 Å². The second-order valence-corrected chi connectivity index (χ2v) is 13.0. The lowest BCUT2D eigenvalue weighted by Crippen LogP contribution is -2.43. The number of rotatable bonds is 8. The first-order valence-electron chi connectivity index (χ1n) is 16.0. The quantitative estimate of drug-likeness (QED) is 0.177. The highest BCUT2D eigenvalue weighted by atomic mass is 15.1. The molecule has 0 spiro atoms. The van der Waals surface area contributed by atoms with Crippen molar-refractivity contribution in [1.29, 1.82) is 0 Å². The molecule has 0 aliphatic heterocycles. The van der Waals surface area contributed by atoms with Crippen LogP contribution >= 0.6 is 0 Å². The summed E-state index contributed by atoms with van der Waals surface area (Å²) >= 11 is 0. The van der Waals surface area contributed by atoms with Gasteiger partial charge in [-0.15, -0.1) is 0 Å². The van der Waals surface area contributed by atoms with Gasteiger partial charge in [-0.05, 0) is 58.4 Å². The molecule has 3 aliphatic carbocycles. The topological polar surface area (TPSA) is 17.6 Å². The van der Waals surface area contributed by atoms with Gasteiger partial charge >= 0.3 is 0 Å². The minimum atomic E-state index is 0.388. The Morgan fingerprint density at radius 1 is 0.500 bits per heavy atom. The summed E-state index contributed by atoms with van der Waals surface area (Å²) in [5.41, 5.74) is 11.5. The zero-order chi connectivity index (χ0) is 29.6. The average molecular weight is 577 g/mol. The van der Waals surface area contributed by atoms with Crippen molar-refractivity contribution in [3.05, 3.63) is 179 Å². The van der Waals surface area contributed by atoms with Gasteiger partial charge in [0.1, 0.15) is 37.9 Å². The molecule has 0 fully saturated rings. The van der Waals surface area contributed by atoms with Gasteiger partial charge in [0.05, 0.1) is 13.1 Å². The molecule has 2 unspecified atom stereocenters. The average Bonchev–Trinajstić information content (AvgIpc) is 3.69. The maximum atomic E-state index is 2.44. The van der Waals surface area contributed by atoms with E-state index in [2.05, 4.69) is 167 Å². The summed E-state index contributed by atoms with van der Waals surface area (Å²) in [5, 5.41) is 0. The van der Waals surface area contributed by atoms with Gasteiger partial charge in [0.2, 0.25) is 12.7 Å². The second kappa shape index (κ2) is 11.1. The van der Waals surface area contributed by atoms with Crippen LogP contribution < -0.4 is 9.13 Å². The Morgan fingerprint density at radius 2 is 0.864 bits per heavy atom. The van der Waals surface area contributed by atoms with E-state index in [0.29, 0.717) is 23.7 Å². The predicted octanol–water partition coefficient (Wildman–Crippen LogP) is 6.80. The minimum absolute atomic E-state index is 0.388. The smallest absolute Gasteiger partial charge is 0.236 e. The lowest BCUT2D eigenvalue weighted by atomic mass is 9.54. The van der Waals surface area contributed by atoms with Crippen LogP contribution in [0.3, 0.4) is 0 Å². The Labute approximate surface area is 260 Å². The van der Waals surface area contributed by atoms with Gasteiger partial charge in [-0.2, -0.15) is 0 Å². The Hall–Kier alpha value is -4.70. The van der Waals surface area contributed by atoms with E-state index >= 15 is 0 Å². The third-order valence-corrected chi connectivity index (χ3v) is 10.3. The zero-order valence-corrected chi connectivity index (χ0v) is 25.6. The zero-order valence-electron chi connectivity index (χ0n) is 25.6. The fourth-order valence-corrected chi connectivity index (χ4v) is 8.12. The molecule has 6 aromatic rings. The molecule has 0 radical (unpaired) electrons. The van der Waals surface area contributed by atoms with E-state index in [9.17, 15) is 0 Å². The van der Waals surface area contributed by atoms with Crippen LogP contribution in [0, 0.1) is 25.7 Å². The van der Waals surface area contributed by atoms with Crippen molar-refractivity contribution in [1.82, 2.24) is 9.13 Å². The number of hydrogen-bond donors (Lipinski definition) is 0. The molecule has 4 heteroatoms. The number of aryl methyl sites for hydroxylation is 2. The van der Waals surface area contributed by atoms with Crippen LogP contribution in [0.15, 0.2) is 135 Å². The van der Waals surface area contributed by atoms with E-state index in [-0.39, 0.29) is 0 Å². The number of hydrogen-bond acceptors (Lipinski definition) is 0. The van der Waals surface area contributed by atoms with Gasteiger partial charge < -0.3 is 0 Å². The monoisotopic (exact) mass is 576 g/mol. The summed E-state index contributed by atoms with van der Waals surface area (Å²) in [6, 6.07) is 36.0. The number of fused-ring (bicyclic) bond motifs is 1. The molecule has 44 heavy (non-hydrogen) atoms. The number of aromatic nitrogens is 4. The molecule has 0 amide bonds. The van der Waals surface area contributed by atoms with Gasteiger partial charge in [-0.3, -0.25) is 0 Å². The summed E-state index contributed by atoms with van der Waals surface area (Å²) in [6.07, 6.45) is 13.7. The van der Waals surface area contributed by atoms with Gasteiger partial charge in [0.15, 0.2) is 0 Å². The minimum Gasteiger partial charge on any atom is -0.236 e. The maximum absolute atomic E-state index is 2.44. The largest absolute Gasteiger partial charge is 0.244 e. The van der Waals surface area contributed by atoms with Gasteiger partial charge in [0, 0.05) is 23.7 Å². The Kier molecular flexibility index (Phi) is 6.78. The van der Waals surface area contributed by atoms with Crippen molar-refractivity contribution in [3.63, 3.8) is 0 Å². The van der Waals surface area contributed by atoms with Crippen molar-refractivity contribution >= 4 is 0 Å². The summed E-state index contributed by atoms with van der Waals surface area (Å²) in [4.78, 5) is 0. The first kappa shape index (κ1) is 26.9. The molecule has 218 valence electrons. The van der Waals surface area contributed by atoms with Crippen LogP contribution in [0.1, 0.15) is 56.3 Å². The fourth-order valence-electron chi connectivity index (χ4n) is 8.12. The van der Waals surface area contributed by atoms with E-state index in [1.807, 2.05) is 0 Å². The molecule has 2 bridgehead atoms. The van der Waals surface area contributed by atoms with Crippen LogP contribution in [-0.4, -0.2) is 9.13 Å². The van der Waals surface area contributed by atoms with Crippen molar-refractivity contribution in [3.8, 4) is 0 Å². The van der Waals surface area contributed by atoms with Gasteiger partial charge in [-0.25, -0.2) is 18.3 Å². The summed E-state index contributed by atoms with van der Waals surface area (Å²) in [5.74, 6) is 1.74. The Balaban J connectivity index is 1.14. The normalized spacial score (nSPS) is 20.0.